The summed E-state index contributed by atoms with van der Waals surface area (Å²) >= 11 is 2.90. The molecule has 4 rings (SSSR count). The predicted octanol–water partition coefficient (Wildman–Crippen LogP) is 4.54. The number of nitrogens with zero attached hydrogens (tertiary/aromatic N) is 1. The summed E-state index contributed by atoms with van der Waals surface area (Å²) in [6, 6.07) is 7.68. The minimum Gasteiger partial charge on any atom is -0.325 e. The second-order valence-electron chi connectivity index (χ2n) is 7.52. The summed E-state index contributed by atoms with van der Waals surface area (Å²) in [6.07, 6.45) is 3.09. The zero-order valence-electron chi connectivity index (χ0n) is 16.2. The van der Waals surface area contributed by atoms with Crippen molar-refractivity contribution in [2.75, 3.05) is 5.32 Å². The van der Waals surface area contributed by atoms with Gasteiger partial charge in [0.05, 0.1) is 10.6 Å². The van der Waals surface area contributed by atoms with E-state index in [0.717, 1.165) is 40.7 Å². The van der Waals surface area contributed by atoms with Crippen LogP contribution in [0.2, 0.25) is 0 Å². The van der Waals surface area contributed by atoms with E-state index in [1.807, 2.05) is 38.1 Å². The summed E-state index contributed by atoms with van der Waals surface area (Å²) in [4.78, 5) is 34.8. The number of nitrogens with one attached hydrogen (secondary N) is 2. The Hall–Kier alpha value is -2.12. The lowest BCUT2D eigenvalue weighted by Crippen LogP contribution is -2.23. The Morgan fingerprint density at radius 3 is 2.86 bits per heavy atom. The molecule has 7 heteroatoms. The van der Waals surface area contributed by atoms with Crippen LogP contribution in [0.15, 0.2) is 34.2 Å². The lowest BCUT2D eigenvalue weighted by molar-refractivity contribution is -0.115. The number of aromatic amines is 1. The number of thioether (sulfide) groups is 1. The first-order valence-electron chi connectivity index (χ1n) is 9.49. The van der Waals surface area contributed by atoms with E-state index in [4.69, 9.17) is 0 Å². The average Bonchev–Trinajstić information content (AvgIpc) is 3.01. The quantitative estimate of drug-likeness (QED) is 0.486. The van der Waals surface area contributed by atoms with Gasteiger partial charge in [-0.2, -0.15) is 0 Å². The molecule has 1 aliphatic carbocycles. The zero-order valence-corrected chi connectivity index (χ0v) is 17.8. The Kier molecular flexibility index (Phi) is 5.29. The van der Waals surface area contributed by atoms with Crippen LogP contribution in [0.5, 0.6) is 0 Å². The van der Waals surface area contributed by atoms with Gasteiger partial charge < -0.3 is 10.3 Å². The van der Waals surface area contributed by atoms with E-state index in [9.17, 15) is 9.59 Å². The molecule has 2 heterocycles. The van der Waals surface area contributed by atoms with Crippen molar-refractivity contribution in [3.05, 3.63) is 50.6 Å². The molecule has 0 bridgehead atoms. The molecule has 0 aliphatic heterocycles. The van der Waals surface area contributed by atoms with Crippen molar-refractivity contribution in [2.24, 2.45) is 5.92 Å². The average molecular weight is 414 g/mol. The molecular weight excluding hydrogens is 390 g/mol. The molecule has 0 spiro atoms. The van der Waals surface area contributed by atoms with Gasteiger partial charge in [-0.05, 0) is 56.7 Å². The first-order chi connectivity index (χ1) is 13.4. The second-order valence-corrected chi connectivity index (χ2v) is 9.93. The van der Waals surface area contributed by atoms with Gasteiger partial charge in [-0.15, -0.1) is 11.3 Å². The number of anilines is 1. The Balaban J connectivity index is 1.53. The first-order valence-corrected chi connectivity index (χ1v) is 11.2. The van der Waals surface area contributed by atoms with Crippen molar-refractivity contribution in [2.45, 2.75) is 50.4 Å². The minimum atomic E-state index is -0.378. The van der Waals surface area contributed by atoms with E-state index < -0.39 is 0 Å². The molecule has 2 atom stereocenters. The number of H-pyrrole nitrogens is 1. The number of rotatable bonds is 4. The van der Waals surface area contributed by atoms with Gasteiger partial charge in [-0.1, -0.05) is 36.4 Å². The highest BCUT2D eigenvalue weighted by atomic mass is 32.2. The predicted molar refractivity (Wildman–Crippen MR) is 117 cm³/mol. The van der Waals surface area contributed by atoms with Gasteiger partial charge in [0, 0.05) is 10.6 Å². The van der Waals surface area contributed by atoms with Crippen molar-refractivity contribution in [1.82, 2.24) is 9.97 Å². The lowest BCUT2D eigenvalue weighted by Gasteiger charge is -2.17. The summed E-state index contributed by atoms with van der Waals surface area (Å²) in [5, 5.41) is 3.77. The van der Waals surface area contributed by atoms with Crippen LogP contribution in [-0.2, 0) is 17.6 Å². The fraction of sp³-hybridized carbons (Fsp3) is 0.381. The summed E-state index contributed by atoms with van der Waals surface area (Å²) in [5.74, 6) is 0.537. The van der Waals surface area contributed by atoms with E-state index in [0.29, 0.717) is 11.1 Å². The fourth-order valence-electron chi connectivity index (χ4n) is 3.49. The Morgan fingerprint density at radius 1 is 1.36 bits per heavy atom. The molecule has 5 nitrogen and oxygen atoms in total. The van der Waals surface area contributed by atoms with Gasteiger partial charge in [-0.25, -0.2) is 4.98 Å². The van der Waals surface area contributed by atoms with Gasteiger partial charge in [0.25, 0.3) is 5.56 Å². The van der Waals surface area contributed by atoms with Crippen LogP contribution < -0.4 is 10.9 Å². The van der Waals surface area contributed by atoms with Crippen LogP contribution in [0.3, 0.4) is 0 Å². The van der Waals surface area contributed by atoms with Crippen molar-refractivity contribution in [3.63, 3.8) is 0 Å². The SMILES string of the molecule is Cc1ccc(NC(=O)[C@H](C)Sc2nc3sc4c(c3c(=O)[nH]2)CC[C@H](C)C4)cc1. The summed E-state index contributed by atoms with van der Waals surface area (Å²) in [7, 11) is 0. The van der Waals surface area contributed by atoms with Crippen LogP contribution in [0.4, 0.5) is 5.69 Å². The standard InChI is InChI=1S/C21H23N3O2S2/c1-11-4-7-14(8-5-11)22-18(25)13(3)27-21-23-19(26)17-15-9-6-12(2)10-16(15)28-20(17)24-21/h4-5,7-8,12-13H,6,9-10H2,1-3H3,(H,22,25)(H,23,24,26)/t12-,13-/m0/s1. The van der Waals surface area contributed by atoms with Crippen LogP contribution in [0.1, 0.15) is 36.3 Å². The third kappa shape index (κ3) is 3.86. The molecule has 2 aromatic heterocycles. The Labute approximate surface area is 172 Å². The third-order valence-corrected chi connectivity index (χ3v) is 7.25. The molecule has 1 amide bonds. The van der Waals surface area contributed by atoms with Crippen LogP contribution >= 0.6 is 23.1 Å². The minimum absolute atomic E-state index is 0.0919. The Bertz CT molecular complexity index is 1090. The monoisotopic (exact) mass is 413 g/mol. The molecule has 2 N–H and O–H groups in total. The number of carbonyl (C=O) groups is 1. The van der Waals surface area contributed by atoms with Crippen molar-refractivity contribution < 1.29 is 4.79 Å². The third-order valence-electron chi connectivity index (χ3n) is 5.12. The van der Waals surface area contributed by atoms with Gasteiger partial charge in [0.2, 0.25) is 5.91 Å². The van der Waals surface area contributed by atoms with Gasteiger partial charge in [-0.3, -0.25) is 9.59 Å². The maximum atomic E-state index is 12.7. The number of benzene rings is 1. The number of fused-ring (bicyclic) bond motifs is 3. The number of hydrogen-bond donors (Lipinski definition) is 2. The van der Waals surface area contributed by atoms with E-state index in [-0.39, 0.29) is 16.7 Å². The Morgan fingerprint density at radius 2 is 2.11 bits per heavy atom. The largest absolute Gasteiger partial charge is 0.325 e. The van der Waals surface area contributed by atoms with Crippen LogP contribution in [0, 0.1) is 12.8 Å². The number of amides is 1. The smallest absolute Gasteiger partial charge is 0.260 e. The zero-order chi connectivity index (χ0) is 19.8. The molecule has 0 radical (unpaired) electrons. The van der Waals surface area contributed by atoms with E-state index in [1.54, 1.807) is 11.3 Å². The maximum absolute atomic E-state index is 12.7. The van der Waals surface area contributed by atoms with Gasteiger partial charge in [0.15, 0.2) is 5.16 Å². The van der Waals surface area contributed by atoms with Gasteiger partial charge >= 0.3 is 0 Å². The molecule has 0 unspecified atom stereocenters. The first kappa shape index (κ1) is 19.2. The van der Waals surface area contributed by atoms with E-state index >= 15 is 0 Å². The number of thiophene rings is 1. The highest BCUT2D eigenvalue weighted by Crippen LogP contribution is 2.36. The van der Waals surface area contributed by atoms with Gasteiger partial charge in [0.1, 0.15) is 4.83 Å². The molecule has 0 saturated heterocycles. The van der Waals surface area contributed by atoms with Crippen molar-refractivity contribution >= 4 is 44.9 Å². The molecule has 0 saturated carbocycles. The highest BCUT2D eigenvalue weighted by Gasteiger charge is 2.24. The lowest BCUT2D eigenvalue weighted by atomic mass is 9.89. The summed E-state index contributed by atoms with van der Waals surface area (Å²) < 4.78 is 0. The summed E-state index contributed by atoms with van der Waals surface area (Å²) in [5.41, 5.74) is 2.99. The number of aryl methyl sites for hydroxylation is 2. The number of hydrogen-bond acceptors (Lipinski definition) is 5. The van der Waals surface area contributed by atoms with Crippen LogP contribution in [0.25, 0.3) is 10.2 Å². The topological polar surface area (TPSA) is 74.8 Å². The van der Waals surface area contributed by atoms with Crippen molar-refractivity contribution in [1.29, 1.82) is 0 Å². The molecule has 28 heavy (non-hydrogen) atoms. The molecule has 3 aromatic rings. The van der Waals surface area contributed by atoms with E-state index in [1.165, 1.54) is 22.2 Å². The number of carbonyl (C=O) groups excluding carboxylic acids is 1. The normalized spacial score (nSPS) is 17.3. The number of aromatic nitrogens is 2. The molecule has 0 fully saturated rings. The summed E-state index contributed by atoms with van der Waals surface area (Å²) in [6.45, 7) is 6.07. The molecule has 1 aromatic carbocycles. The fourth-order valence-corrected chi connectivity index (χ4v) is 5.72. The molecular formula is C21H23N3O2S2. The highest BCUT2D eigenvalue weighted by molar-refractivity contribution is 8.00. The molecule has 1 aliphatic rings. The maximum Gasteiger partial charge on any atom is 0.260 e. The van der Waals surface area contributed by atoms with E-state index in [2.05, 4.69) is 22.2 Å². The molecule has 146 valence electrons. The second kappa shape index (κ2) is 7.72. The van der Waals surface area contributed by atoms with Crippen molar-refractivity contribution in [3.8, 4) is 0 Å². The van der Waals surface area contributed by atoms with Crippen LogP contribution in [-0.4, -0.2) is 21.1 Å².